The zero-order valence-electron chi connectivity index (χ0n) is 13.0. The molecule has 2 heterocycles. The quantitative estimate of drug-likeness (QED) is 0.898. The highest BCUT2D eigenvalue weighted by Gasteiger charge is 2.30. The molecule has 1 amide bonds. The molecule has 1 unspecified atom stereocenters. The fourth-order valence-electron chi connectivity index (χ4n) is 2.74. The monoisotopic (exact) mass is 327 g/mol. The van der Waals surface area contributed by atoms with Gasteiger partial charge in [0.15, 0.2) is 0 Å². The van der Waals surface area contributed by atoms with Crippen molar-refractivity contribution in [1.29, 1.82) is 0 Å². The number of likely N-dealkylation sites (tertiary alicyclic amines) is 1. The Morgan fingerprint density at radius 1 is 1.17 bits per heavy atom. The van der Waals surface area contributed by atoms with E-state index in [4.69, 9.17) is 5.11 Å². The lowest BCUT2D eigenvalue weighted by molar-refractivity contribution is -0.141. The van der Waals surface area contributed by atoms with Crippen LogP contribution in [0.5, 0.6) is 0 Å². The lowest BCUT2D eigenvalue weighted by atomic mass is 10.1. The Bertz CT molecular complexity index is 816. The van der Waals surface area contributed by atoms with Crippen LogP contribution in [-0.4, -0.2) is 44.8 Å². The average molecular weight is 327 g/mol. The highest BCUT2D eigenvalue weighted by atomic mass is 16.4. The first-order valence-electron chi connectivity index (χ1n) is 7.69. The molecule has 2 aromatic rings. The second-order valence-electron chi connectivity index (χ2n) is 5.74. The summed E-state index contributed by atoms with van der Waals surface area (Å²) in [6.07, 6.45) is 0.438. The van der Waals surface area contributed by atoms with E-state index >= 15 is 0 Å². The van der Waals surface area contributed by atoms with E-state index in [-0.39, 0.29) is 24.6 Å². The number of aromatic nitrogens is 2. The van der Waals surface area contributed by atoms with Gasteiger partial charge in [-0.25, -0.2) is 4.68 Å². The van der Waals surface area contributed by atoms with Crippen LogP contribution in [0.4, 0.5) is 0 Å². The number of aliphatic carboxylic acids is 1. The number of hydrogen-bond donors (Lipinski definition) is 1. The van der Waals surface area contributed by atoms with Gasteiger partial charge < -0.3 is 10.0 Å². The van der Waals surface area contributed by atoms with Crippen molar-refractivity contribution < 1.29 is 14.7 Å². The summed E-state index contributed by atoms with van der Waals surface area (Å²) in [4.78, 5) is 36.7. The lowest BCUT2D eigenvalue weighted by Crippen LogP contribution is -2.36. The molecule has 1 saturated heterocycles. The van der Waals surface area contributed by atoms with Crippen molar-refractivity contribution in [2.45, 2.75) is 13.0 Å². The molecule has 3 rings (SSSR count). The number of carbonyl (C=O) groups is 2. The molecule has 1 fully saturated rings. The van der Waals surface area contributed by atoms with Gasteiger partial charge in [-0.15, -0.1) is 0 Å². The Hall–Kier alpha value is -2.96. The van der Waals surface area contributed by atoms with Gasteiger partial charge in [-0.1, -0.05) is 30.3 Å². The molecule has 1 N–H and O–H groups in total. The van der Waals surface area contributed by atoms with Crippen LogP contribution in [0.2, 0.25) is 0 Å². The molecule has 0 bridgehead atoms. The largest absolute Gasteiger partial charge is 0.481 e. The van der Waals surface area contributed by atoms with Crippen molar-refractivity contribution in [1.82, 2.24) is 14.7 Å². The molecule has 1 aliphatic heterocycles. The number of hydrogen-bond acceptors (Lipinski definition) is 4. The summed E-state index contributed by atoms with van der Waals surface area (Å²) in [6.45, 7) is 0.385. The van der Waals surface area contributed by atoms with E-state index in [0.29, 0.717) is 18.7 Å². The first kappa shape index (κ1) is 15.9. The molecule has 0 radical (unpaired) electrons. The van der Waals surface area contributed by atoms with Gasteiger partial charge in [0, 0.05) is 24.7 Å². The van der Waals surface area contributed by atoms with Gasteiger partial charge in [-0.05, 0) is 12.5 Å². The number of rotatable bonds is 4. The average Bonchev–Trinajstić information content (AvgIpc) is 3.08. The van der Waals surface area contributed by atoms with Crippen LogP contribution >= 0.6 is 0 Å². The fourth-order valence-corrected chi connectivity index (χ4v) is 2.74. The topological polar surface area (TPSA) is 92.5 Å². The summed E-state index contributed by atoms with van der Waals surface area (Å²) in [5.74, 6) is -1.72. The Kier molecular flexibility index (Phi) is 4.41. The normalized spacial score (nSPS) is 17.0. The molecular weight excluding hydrogens is 310 g/mol. The standard InChI is InChI=1S/C17H17N3O4/c21-15-7-6-14(12-4-2-1-3-5-12)18-20(15)11-16(22)19-9-8-13(10-19)17(23)24/h1-7,13H,8-11H2,(H,23,24). The third-order valence-corrected chi connectivity index (χ3v) is 4.11. The number of carbonyl (C=O) groups excluding carboxylic acids is 1. The van der Waals surface area contributed by atoms with E-state index < -0.39 is 11.9 Å². The van der Waals surface area contributed by atoms with E-state index in [0.717, 1.165) is 10.2 Å². The van der Waals surface area contributed by atoms with Crippen LogP contribution < -0.4 is 5.56 Å². The molecule has 24 heavy (non-hydrogen) atoms. The first-order valence-corrected chi connectivity index (χ1v) is 7.69. The summed E-state index contributed by atoms with van der Waals surface area (Å²) in [5, 5.41) is 13.3. The molecule has 1 aromatic heterocycles. The zero-order chi connectivity index (χ0) is 17.1. The Morgan fingerprint density at radius 3 is 2.58 bits per heavy atom. The molecule has 0 saturated carbocycles. The minimum absolute atomic E-state index is 0.182. The van der Waals surface area contributed by atoms with Crippen LogP contribution in [0.3, 0.4) is 0 Å². The van der Waals surface area contributed by atoms with Gasteiger partial charge in [0.05, 0.1) is 11.6 Å². The van der Waals surface area contributed by atoms with Gasteiger partial charge in [0.25, 0.3) is 5.56 Å². The van der Waals surface area contributed by atoms with Crippen molar-refractivity contribution >= 4 is 11.9 Å². The minimum Gasteiger partial charge on any atom is -0.481 e. The van der Waals surface area contributed by atoms with Gasteiger partial charge in [0.1, 0.15) is 6.54 Å². The SMILES string of the molecule is O=C(O)C1CCN(C(=O)Cn2nc(-c3ccccc3)ccc2=O)C1. The zero-order valence-corrected chi connectivity index (χ0v) is 13.0. The van der Waals surface area contributed by atoms with Gasteiger partial charge in [-0.2, -0.15) is 5.10 Å². The number of benzene rings is 1. The van der Waals surface area contributed by atoms with E-state index in [1.165, 1.54) is 11.0 Å². The number of carboxylic acid groups (broad SMARTS) is 1. The number of nitrogens with zero attached hydrogens (tertiary/aromatic N) is 3. The molecule has 0 aliphatic carbocycles. The highest BCUT2D eigenvalue weighted by Crippen LogP contribution is 2.17. The van der Waals surface area contributed by atoms with Gasteiger partial charge in [0.2, 0.25) is 5.91 Å². The van der Waals surface area contributed by atoms with E-state index in [1.54, 1.807) is 6.07 Å². The molecule has 0 spiro atoms. The molecule has 1 aromatic carbocycles. The summed E-state index contributed by atoms with van der Waals surface area (Å²) < 4.78 is 1.12. The fraction of sp³-hybridized carbons (Fsp3) is 0.294. The first-order chi connectivity index (χ1) is 11.5. The summed E-state index contributed by atoms with van der Waals surface area (Å²) in [6, 6.07) is 12.4. The van der Waals surface area contributed by atoms with Crippen LogP contribution in [0.15, 0.2) is 47.3 Å². The predicted molar refractivity (Wildman–Crippen MR) is 86.3 cm³/mol. The lowest BCUT2D eigenvalue weighted by Gasteiger charge is -2.16. The molecule has 7 heteroatoms. The second-order valence-corrected chi connectivity index (χ2v) is 5.74. The second kappa shape index (κ2) is 6.66. The van der Waals surface area contributed by atoms with Crippen LogP contribution in [0.1, 0.15) is 6.42 Å². The Balaban J connectivity index is 1.77. The van der Waals surface area contributed by atoms with E-state index in [1.807, 2.05) is 30.3 Å². The third kappa shape index (κ3) is 3.34. The van der Waals surface area contributed by atoms with Crippen molar-refractivity contribution in [2.75, 3.05) is 13.1 Å². The van der Waals surface area contributed by atoms with Gasteiger partial charge >= 0.3 is 5.97 Å². The molecule has 124 valence electrons. The minimum atomic E-state index is -0.897. The Morgan fingerprint density at radius 2 is 1.92 bits per heavy atom. The van der Waals surface area contributed by atoms with Crippen molar-refractivity contribution in [3.05, 3.63) is 52.8 Å². The van der Waals surface area contributed by atoms with Crippen LogP contribution in [0, 0.1) is 5.92 Å². The van der Waals surface area contributed by atoms with E-state index in [2.05, 4.69) is 5.10 Å². The maximum Gasteiger partial charge on any atom is 0.308 e. The molecule has 1 aliphatic rings. The van der Waals surface area contributed by atoms with Crippen molar-refractivity contribution in [3.8, 4) is 11.3 Å². The summed E-state index contributed by atoms with van der Waals surface area (Å²) in [5.41, 5.74) is 1.09. The Labute approximate surface area is 138 Å². The maximum absolute atomic E-state index is 12.3. The van der Waals surface area contributed by atoms with Crippen LogP contribution in [-0.2, 0) is 16.1 Å². The highest BCUT2D eigenvalue weighted by molar-refractivity contribution is 5.78. The van der Waals surface area contributed by atoms with E-state index in [9.17, 15) is 14.4 Å². The number of amides is 1. The summed E-state index contributed by atoms with van der Waals surface area (Å²) >= 11 is 0. The smallest absolute Gasteiger partial charge is 0.308 e. The van der Waals surface area contributed by atoms with Gasteiger partial charge in [-0.3, -0.25) is 14.4 Å². The summed E-state index contributed by atoms with van der Waals surface area (Å²) in [7, 11) is 0. The molecule has 7 nitrogen and oxygen atoms in total. The maximum atomic E-state index is 12.3. The van der Waals surface area contributed by atoms with Crippen molar-refractivity contribution in [2.24, 2.45) is 5.92 Å². The molecular formula is C17H17N3O4. The number of carboxylic acids is 1. The third-order valence-electron chi connectivity index (χ3n) is 4.11. The molecule has 1 atom stereocenters. The predicted octanol–water partition coefficient (Wildman–Crippen LogP) is 0.843. The van der Waals surface area contributed by atoms with Crippen LogP contribution in [0.25, 0.3) is 11.3 Å². The van der Waals surface area contributed by atoms with Crippen molar-refractivity contribution in [3.63, 3.8) is 0 Å².